The number of benzene rings is 2. The second kappa shape index (κ2) is 8.47. The highest BCUT2D eigenvalue weighted by molar-refractivity contribution is 7.91. The Bertz CT molecular complexity index is 1140. The lowest BCUT2D eigenvalue weighted by molar-refractivity contribution is 0.137. The monoisotopic (exact) mass is 446 g/mol. The van der Waals surface area contributed by atoms with Gasteiger partial charge in [0.2, 0.25) is 10.0 Å². The lowest BCUT2D eigenvalue weighted by Crippen LogP contribution is -2.29. The number of carboxylic acid groups (broad SMARTS) is 2. The molecule has 1 fully saturated rings. The number of anilines is 1. The van der Waals surface area contributed by atoms with Crippen LogP contribution >= 0.6 is 11.3 Å². The largest absolute Gasteiger partial charge is 0.503 e. The third-order valence-electron chi connectivity index (χ3n) is 4.99. The van der Waals surface area contributed by atoms with Gasteiger partial charge in [-0.1, -0.05) is 49.4 Å². The topological polar surface area (TPSA) is 130 Å². The van der Waals surface area contributed by atoms with Crippen molar-refractivity contribution >= 4 is 33.2 Å². The van der Waals surface area contributed by atoms with Crippen LogP contribution in [-0.4, -0.2) is 30.8 Å². The summed E-state index contributed by atoms with van der Waals surface area (Å²) in [5, 5.41) is 13.9. The fourth-order valence-electron chi connectivity index (χ4n) is 3.23. The van der Waals surface area contributed by atoms with E-state index in [1.54, 1.807) is 6.07 Å². The maximum absolute atomic E-state index is 12.8. The molecule has 30 heavy (non-hydrogen) atoms. The summed E-state index contributed by atoms with van der Waals surface area (Å²) in [4.78, 5) is 9.44. The highest BCUT2D eigenvalue weighted by Crippen LogP contribution is 2.48. The molecule has 4 rings (SSSR count). The van der Waals surface area contributed by atoms with Gasteiger partial charge in [-0.05, 0) is 41.8 Å². The maximum Gasteiger partial charge on any atom is 0.503 e. The van der Waals surface area contributed by atoms with E-state index in [4.69, 9.17) is 20.7 Å². The molecule has 0 saturated heterocycles. The average molecular weight is 447 g/mol. The van der Waals surface area contributed by atoms with Crippen LogP contribution in [0.25, 0.3) is 10.4 Å². The fraction of sp³-hybridized carbons (Fsp3) is 0.190. The number of carbonyl (C=O) groups is 1. The zero-order chi connectivity index (χ0) is 21.9. The third-order valence-corrected chi connectivity index (χ3v) is 8.08. The summed E-state index contributed by atoms with van der Waals surface area (Å²) in [5.41, 5.74) is 8.44. The zero-order valence-electron chi connectivity index (χ0n) is 16.1. The van der Waals surface area contributed by atoms with E-state index in [1.807, 2.05) is 48.5 Å². The van der Waals surface area contributed by atoms with Crippen molar-refractivity contribution in [2.24, 2.45) is 0 Å². The van der Waals surface area contributed by atoms with Crippen molar-refractivity contribution < 1.29 is 23.4 Å². The molecule has 0 unspecified atom stereocenters. The van der Waals surface area contributed by atoms with E-state index < -0.39 is 16.2 Å². The van der Waals surface area contributed by atoms with Crippen LogP contribution < -0.4 is 10.5 Å². The van der Waals surface area contributed by atoms with Gasteiger partial charge in [0.25, 0.3) is 0 Å². The van der Waals surface area contributed by atoms with Gasteiger partial charge in [0, 0.05) is 22.0 Å². The second-order valence-electron chi connectivity index (χ2n) is 7.19. The van der Waals surface area contributed by atoms with Crippen LogP contribution in [0.1, 0.15) is 18.9 Å². The van der Waals surface area contributed by atoms with Crippen LogP contribution in [0.2, 0.25) is 0 Å². The van der Waals surface area contributed by atoms with Gasteiger partial charge in [-0.2, -0.15) is 0 Å². The lowest BCUT2D eigenvalue weighted by Gasteiger charge is -2.12. The first-order valence-corrected chi connectivity index (χ1v) is 11.4. The van der Waals surface area contributed by atoms with E-state index >= 15 is 0 Å². The second-order valence-corrected chi connectivity index (χ2v) is 10.2. The molecule has 0 bridgehead atoms. The van der Waals surface area contributed by atoms with Crippen molar-refractivity contribution in [2.45, 2.75) is 29.0 Å². The summed E-state index contributed by atoms with van der Waals surface area (Å²) in [5.74, 6) is 0. The Morgan fingerprint density at radius 3 is 2.40 bits per heavy atom. The summed E-state index contributed by atoms with van der Waals surface area (Å²) in [6, 6.07) is 20.9. The number of sulfonamides is 1. The number of rotatable bonds is 5. The normalized spacial score (nSPS) is 20.1. The third kappa shape index (κ3) is 4.99. The van der Waals surface area contributed by atoms with Gasteiger partial charge in [-0.3, -0.25) is 0 Å². The molecule has 1 saturated carbocycles. The van der Waals surface area contributed by atoms with Crippen LogP contribution in [0, 0.1) is 0 Å². The van der Waals surface area contributed by atoms with Gasteiger partial charge in [0.1, 0.15) is 4.21 Å². The Hall–Kier alpha value is -2.88. The van der Waals surface area contributed by atoms with Crippen LogP contribution in [0.5, 0.6) is 0 Å². The first-order valence-electron chi connectivity index (χ1n) is 9.07. The Kier molecular flexibility index (Phi) is 6.16. The summed E-state index contributed by atoms with van der Waals surface area (Å²) in [7, 11) is -3.54. The Labute approximate surface area is 178 Å². The molecule has 3 aromatic rings. The van der Waals surface area contributed by atoms with Gasteiger partial charge in [-0.25, -0.2) is 17.9 Å². The van der Waals surface area contributed by atoms with Crippen molar-refractivity contribution in [2.75, 3.05) is 5.73 Å². The molecule has 1 aliphatic rings. The van der Waals surface area contributed by atoms with Crippen molar-refractivity contribution in [1.29, 1.82) is 0 Å². The Morgan fingerprint density at radius 2 is 1.77 bits per heavy atom. The number of hydrogen-bond donors (Lipinski definition) is 4. The minimum atomic E-state index is -3.54. The van der Waals surface area contributed by atoms with Gasteiger partial charge < -0.3 is 15.9 Å². The first kappa shape index (κ1) is 21.8. The van der Waals surface area contributed by atoms with Gasteiger partial charge in [0.05, 0.1) is 0 Å². The van der Waals surface area contributed by atoms with Gasteiger partial charge in [0.15, 0.2) is 0 Å². The molecule has 1 aliphatic carbocycles. The molecule has 0 spiro atoms. The van der Waals surface area contributed by atoms with E-state index in [0.717, 1.165) is 16.9 Å². The average Bonchev–Trinajstić information content (AvgIpc) is 3.10. The van der Waals surface area contributed by atoms with E-state index in [0.29, 0.717) is 9.90 Å². The molecule has 2 aromatic carbocycles. The van der Waals surface area contributed by atoms with E-state index in [9.17, 15) is 8.42 Å². The number of nitrogen functional groups attached to an aromatic ring is 1. The highest BCUT2D eigenvalue weighted by atomic mass is 32.2. The van der Waals surface area contributed by atoms with Crippen molar-refractivity contribution in [3.8, 4) is 10.4 Å². The van der Waals surface area contributed by atoms with Gasteiger partial charge in [-0.15, -0.1) is 11.3 Å². The number of nitrogens with one attached hydrogen (secondary N) is 1. The summed E-state index contributed by atoms with van der Waals surface area (Å²) in [6.45, 7) is 2.10. The molecular formula is C21H22N2O5S2. The Balaban J connectivity index is 0.000000589. The van der Waals surface area contributed by atoms with Crippen LogP contribution in [0.4, 0.5) is 10.5 Å². The smallest absolute Gasteiger partial charge is 0.450 e. The molecule has 5 N–H and O–H groups in total. The van der Waals surface area contributed by atoms with Crippen LogP contribution in [0.3, 0.4) is 0 Å². The standard InChI is InChI=1S/C20H20N2O2S2.CH2O3/c1-20(15-7-3-2-4-8-15)13-18(20)22-26(23,24)19-11-10-17(25-19)14-6-5-9-16(21)12-14;2-1(3)4/h2-12,18,22H,13,21H2,1H3;(H2,2,3,4)/t18-,20+;/m0./s1. The van der Waals surface area contributed by atoms with Crippen molar-refractivity contribution in [3.63, 3.8) is 0 Å². The number of hydrogen-bond acceptors (Lipinski definition) is 5. The quantitative estimate of drug-likeness (QED) is 0.434. The number of thiophene rings is 1. The lowest BCUT2D eigenvalue weighted by atomic mass is 9.98. The molecule has 7 nitrogen and oxygen atoms in total. The highest BCUT2D eigenvalue weighted by Gasteiger charge is 2.53. The Morgan fingerprint density at radius 1 is 1.10 bits per heavy atom. The molecule has 1 aromatic heterocycles. The molecule has 0 aliphatic heterocycles. The van der Waals surface area contributed by atoms with Crippen molar-refractivity contribution in [3.05, 3.63) is 72.3 Å². The SMILES string of the molecule is C[C@]1(c2ccccc2)C[C@@H]1NS(=O)(=O)c1ccc(-c2cccc(N)c2)s1.O=C(O)O. The minimum absolute atomic E-state index is 0.0761. The van der Waals surface area contributed by atoms with Gasteiger partial charge >= 0.3 is 6.16 Å². The molecule has 0 amide bonds. The van der Waals surface area contributed by atoms with Crippen LogP contribution in [-0.2, 0) is 15.4 Å². The van der Waals surface area contributed by atoms with Crippen LogP contribution in [0.15, 0.2) is 70.9 Å². The van der Waals surface area contributed by atoms with E-state index in [2.05, 4.69) is 23.8 Å². The summed E-state index contributed by atoms with van der Waals surface area (Å²) >= 11 is 1.26. The zero-order valence-corrected chi connectivity index (χ0v) is 17.8. The summed E-state index contributed by atoms with van der Waals surface area (Å²) in [6.07, 6.45) is -1.02. The minimum Gasteiger partial charge on any atom is -0.450 e. The molecule has 9 heteroatoms. The molecule has 2 atom stereocenters. The molecule has 158 valence electrons. The summed E-state index contributed by atoms with van der Waals surface area (Å²) < 4.78 is 28.8. The van der Waals surface area contributed by atoms with E-state index in [-0.39, 0.29) is 11.5 Å². The molecule has 0 radical (unpaired) electrons. The first-order chi connectivity index (χ1) is 14.1. The maximum atomic E-state index is 12.8. The predicted molar refractivity (Wildman–Crippen MR) is 117 cm³/mol. The number of nitrogens with two attached hydrogens (primary N) is 1. The van der Waals surface area contributed by atoms with Crippen molar-refractivity contribution in [1.82, 2.24) is 4.72 Å². The molecular weight excluding hydrogens is 424 g/mol. The molecule has 1 heterocycles. The fourth-order valence-corrected chi connectivity index (χ4v) is 5.90. The van der Waals surface area contributed by atoms with E-state index in [1.165, 1.54) is 16.9 Å². The predicted octanol–water partition coefficient (Wildman–Crippen LogP) is 4.23.